The summed E-state index contributed by atoms with van der Waals surface area (Å²) in [6.07, 6.45) is 0.270. The minimum absolute atomic E-state index is 0.281. The van der Waals surface area contributed by atoms with Gasteiger partial charge in [0.2, 0.25) is 0 Å². The lowest BCUT2D eigenvalue weighted by Crippen LogP contribution is -2.40. The number of esters is 1. The van der Waals surface area contributed by atoms with Gasteiger partial charge in [-0.3, -0.25) is 4.90 Å². The molecule has 1 fully saturated rings. The highest BCUT2D eigenvalue weighted by Crippen LogP contribution is 2.32. The molecule has 7 heteroatoms. The maximum absolute atomic E-state index is 12.6. The van der Waals surface area contributed by atoms with Crippen molar-refractivity contribution in [1.82, 2.24) is 4.90 Å². The third-order valence-corrected chi connectivity index (χ3v) is 4.09. The standard InChI is InChI=1S/C18H24ClNO5/c1-18(2,3)25-17(22)20-8-5-9-24-11-15(20)13-10-12(16(21)23-4)6-7-14(13)19/h6-7,10,15H,5,8-9,11H2,1-4H3. The molecule has 25 heavy (non-hydrogen) atoms. The number of benzene rings is 1. The van der Waals surface area contributed by atoms with Crippen LogP contribution in [0.4, 0.5) is 4.79 Å². The lowest BCUT2D eigenvalue weighted by Gasteiger charge is -2.32. The third kappa shape index (κ3) is 5.09. The van der Waals surface area contributed by atoms with E-state index in [2.05, 4.69) is 0 Å². The average molecular weight is 370 g/mol. The highest BCUT2D eigenvalue weighted by Gasteiger charge is 2.32. The van der Waals surface area contributed by atoms with E-state index in [-0.39, 0.29) is 6.61 Å². The monoisotopic (exact) mass is 369 g/mol. The van der Waals surface area contributed by atoms with Crippen LogP contribution in [0.2, 0.25) is 5.02 Å². The Morgan fingerprint density at radius 1 is 1.32 bits per heavy atom. The van der Waals surface area contributed by atoms with Crippen LogP contribution >= 0.6 is 11.6 Å². The maximum Gasteiger partial charge on any atom is 0.410 e. The first-order chi connectivity index (χ1) is 11.7. The Labute approximate surface area is 153 Å². The predicted molar refractivity (Wildman–Crippen MR) is 93.9 cm³/mol. The van der Waals surface area contributed by atoms with Crippen molar-refractivity contribution in [2.75, 3.05) is 26.9 Å². The van der Waals surface area contributed by atoms with Crippen LogP contribution in [0, 0.1) is 0 Å². The Hall–Kier alpha value is -1.79. The van der Waals surface area contributed by atoms with E-state index in [1.165, 1.54) is 7.11 Å². The molecule has 0 aromatic heterocycles. The van der Waals surface area contributed by atoms with Crippen molar-refractivity contribution in [3.63, 3.8) is 0 Å². The van der Waals surface area contributed by atoms with E-state index < -0.39 is 23.7 Å². The number of hydrogen-bond acceptors (Lipinski definition) is 5. The fourth-order valence-corrected chi connectivity index (χ4v) is 2.86. The van der Waals surface area contributed by atoms with E-state index in [1.54, 1.807) is 23.1 Å². The van der Waals surface area contributed by atoms with Gasteiger partial charge in [-0.05, 0) is 51.0 Å². The number of hydrogen-bond donors (Lipinski definition) is 0. The summed E-state index contributed by atoms with van der Waals surface area (Å²) < 4.78 is 15.9. The molecule has 0 aliphatic carbocycles. The fourth-order valence-electron chi connectivity index (χ4n) is 2.62. The first-order valence-corrected chi connectivity index (χ1v) is 8.56. The molecule has 1 aromatic carbocycles. The molecule has 1 aliphatic rings. The molecule has 0 spiro atoms. The van der Waals surface area contributed by atoms with Crippen LogP contribution < -0.4 is 0 Å². The van der Waals surface area contributed by atoms with Gasteiger partial charge in [-0.2, -0.15) is 0 Å². The number of ether oxygens (including phenoxy) is 3. The number of carbonyl (C=O) groups excluding carboxylic acids is 2. The SMILES string of the molecule is COC(=O)c1ccc(Cl)c(C2COCCCN2C(=O)OC(C)(C)C)c1. The van der Waals surface area contributed by atoms with Gasteiger partial charge in [0.1, 0.15) is 5.60 Å². The zero-order valence-corrected chi connectivity index (χ0v) is 15.8. The molecular formula is C18H24ClNO5. The number of amides is 1. The number of halogens is 1. The van der Waals surface area contributed by atoms with Gasteiger partial charge in [0.05, 0.1) is 25.3 Å². The molecule has 1 unspecified atom stereocenters. The van der Waals surface area contributed by atoms with Crippen LogP contribution in [0.25, 0.3) is 0 Å². The predicted octanol–water partition coefficient (Wildman–Crippen LogP) is 3.83. The van der Waals surface area contributed by atoms with E-state index in [4.69, 9.17) is 25.8 Å². The topological polar surface area (TPSA) is 65.1 Å². The first-order valence-electron chi connectivity index (χ1n) is 8.18. The van der Waals surface area contributed by atoms with Crippen LogP contribution in [0.3, 0.4) is 0 Å². The third-order valence-electron chi connectivity index (χ3n) is 3.74. The minimum atomic E-state index is -0.605. The zero-order valence-electron chi connectivity index (χ0n) is 15.0. The Morgan fingerprint density at radius 3 is 2.68 bits per heavy atom. The fraction of sp³-hybridized carbons (Fsp3) is 0.556. The molecule has 138 valence electrons. The largest absolute Gasteiger partial charge is 0.465 e. The summed E-state index contributed by atoms with van der Waals surface area (Å²) in [6.45, 7) is 6.77. The molecule has 1 atom stereocenters. The Balaban J connectivity index is 2.38. The maximum atomic E-state index is 12.6. The lowest BCUT2D eigenvalue weighted by atomic mass is 10.0. The molecule has 6 nitrogen and oxygen atoms in total. The van der Waals surface area contributed by atoms with Crippen molar-refractivity contribution < 1.29 is 23.8 Å². The van der Waals surface area contributed by atoms with Gasteiger partial charge < -0.3 is 14.2 Å². The molecule has 0 N–H and O–H groups in total. The van der Waals surface area contributed by atoms with Crippen molar-refractivity contribution in [2.24, 2.45) is 0 Å². The van der Waals surface area contributed by atoms with Crippen LogP contribution in [0.15, 0.2) is 18.2 Å². The first kappa shape index (κ1) is 19.5. The van der Waals surface area contributed by atoms with Gasteiger partial charge in [-0.1, -0.05) is 11.6 Å². The number of carbonyl (C=O) groups is 2. The Morgan fingerprint density at radius 2 is 2.04 bits per heavy atom. The van der Waals surface area contributed by atoms with E-state index >= 15 is 0 Å². The summed E-state index contributed by atoms with van der Waals surface area (Å²) in [6, 6.07) is 4.42. The molecule has 1 heterocycles. The van der Waals surface area contributed by atoms with Gasteiger partial charge in [0.25, 0.3) is 0 Å². The zero-order chi connectivity index (χ0) is 18.6. The molecule has 1 aromatic rings. The van der Waals surface area contributed by atoms with Gasteiger partial charge in [-0.25, -0.2) is 9.59 Å². The summed E-state index contributed by atoms with van der Waals surface area (Å²) in [5.41, 5.74) is 0.402. The second-order valence-corrected chi connectivity index (χ2v) is 7.25. The van der Waals surface area contributed by atoms with E-state index in [0.29, 0.717) is 35.7 Å². The summed E-state index contributed by atoms with van der Waals surface area (Å²) >= 11 is 6.35. The Bertz CT molecular complexity index is 641. The highest BCUT2D eigenvalue weighted by atomic mass is 35.5. The van der Waals surface area contributed by atoms with Crippen LogP contribution in [-0.4, -0.2) is 49.4 Å². The van der Waals surface area contributed by atoms with Crippen molar-refractivity contribution in [1.29, 1.82) is 0 Å². The van der Waals surface area contributed by atoms with Gasteiger partial charge in [0.15, 0.2) is 0 Å². The van der Waals surface area contributed by atoms with Gasteiger partial charge in [-0.15, -0.1) is 0 Å². The number of nitrogens with zero attached hydrogens (tertiary/aromatic N) is 1. The smallest absolute Gasteiger partial charge is 0.410 e. The van der Waals surface area contributed by atoms with Crippen molar-refractivity contribution in [3.05, 3.63) is 34.3 Å². The second-order valence-electron chi connectivity index (χ2n) is 6.85. The van der Waals surface area contributed by atoms with E-state index in [0.717, 1.165) is 0 Å². The number of methoxy groups -OCH3 is 1. The molecule has 1 aliphatic heterocycles. The van der Waals surface area contributed by atoms with Crippen LogP contribution in [0.5, 0.6) is 0 Å². The lowest BCUT2D eigenvalue weighted by molar-refractivity contribution is 0.0119. The molecule has 1 amide bonds. The average Bonchev–Trinajstić information content (AvgIpc) is 2.79. The van der Waals surface area contributed by atoms with Crippen molar-refractivity contribution in [2.45, 2.75) is 38.8 Å². The van der Waals surface area contributed by atoms with Crippen molar-refractivity contribution >= 4 is 23.7 Å². The molecule has 0 saturated carbocycles. The quantitative estimate of drug-likeness (QED) is 0.741. The van der Waals surface area contributed by atoms with Crippen molar-refractivity contribution in [3.8, 4) is 0 Å². The summed E-state index contributed by atoms with van der Waals surface area (Å²) in [7, 11) is 1.32. The molecule has 0 bridgehead atoms. The molecule has 2 rings (SSSR count). The normalized spacial score (nSPS) is 18.4. The summed E-state index contributed by atoms with van der Waals surface area (Å²) in [5.74, 6) is -0.462. The number of rotatable bonds is 2. The van der Waals surface area contributed by atoms with E-state index in [1.807, 2.05) is 20.8 Å². The van der Waals surface area contributed by atoms with E-state index in [9.17, 15) is 9.59 Å². The molecule has 1 saturated heterocycles. The Kier molecular flexibility index (Phi) is 6.30. The van der Waals surface area contributed by atoms with Crippen LogP contribution in [0.1, 0.15) is 49.2 Å². The second kappa shape index (κ2) is 8.06. The summed E-state index contributed by atoms with van der Waals surface area (Å²) in [4.78, 5) is 26.1. The minimum Gasteiger partial charge on any atom is -0.465 e. The van der Waals surface area contributed by atoms with Gasteiger partial charge >= 0.3 is 12.1 Å². The summed E-state index contributed by atoms with van der Waals surface area (Å²) in [5, 5.41) is 0.455. The van der Waals surface area contributed by atoms with Gasteiger partial charge in [0, 0.05) is 18.2 Å². The molecular weight excluding hydrogens is 346 g/mol. The van der Waals surface area contributed by atoms with Crippen LogP contribution in [-0.2, 0) is 14.2 Å². The highest BCUT2D eigenvalue weighted by molar-refractivity contribution is 6.31. The molecule has 0 radical (unpaired) electrons.